The van der Waals surface area contributed by atoms with Crippen molar-refractivity contribution >= 4 is 11.8 Å². The highest BCUT2D eigenvalue weighted by Crippen LogP contribution is 2.22. The molecular weight excluding hydrogens is 284 g/mol. The number of hydrogen-bond acceptors (Lipinski definition) is 5. The summed E-state index contributed by atoms with van der Waals surface area (Å²) in [6, 6.07) is 6.62. The third-order valence-electron chi connectivity index (χ3n) is 3.12. The largest absolute Gasteiger partial charge is 0.496 e. The maximum absolute atomic E-state index is 12.6. The molecule has 0 spiro atoms. The summed E-state index contributed by atoms with van der Waals surface area (Å²) >= 11 is 0. The molecule has 2 aromatic rings. The third kappa shape index (κ3) is 2.95. The van der Waals surface area contributed by atoms with Gasteiger partial charge in [0, 0.05) is 12.1 Å². The maximum atomic E-state index is 12.6. The van der Waals surface area contributed by atoms with Crippen molar-refractivity contribution in [2.45, 2.75) is 19.8 Å². The molecule has 0 fully saturated rings. The van der Waals surface area contributed by atoms with Gasteiger partial charge in [-0.05, 0) is 12.1 Å². The van der Waals surface area contributed by atoms with E-state index in [1.165, 1.54) is 13.3 Å². The first-order valence-electron chi connectivity index (χ1n) is 6.73. The zero-order valence-corrected chi connectivity index (χ0v) is 12.5. The van der Waals surface area contributed by atoms with E-state index in [9.17, 15) is 14.7 Å². The van der Waals surface area contributed by atoms with Gasteiger partial charge in [0.05, 0.1) is 18.2 Å². The smallest absolute Gasteiger partial charge is 0.355 e. The van der Waals surface area contributed by atoms with Gasteiger partial charge in [-0.1, -0.05) is 26.0 Å². The zero-order valence-electron chi connectivity index (χ0n) is 12.5. The first-order chi connectivity index (χ1) is 10.5. The van der Waals surface area contributed by atoms with Gasteiger partial charge in [0.2, 0.25) is 5.78 Å². The molecule has 0 aliphatic heterocycles. The molecule has 0 amide bonds. The predicted octanol–water partition coefficient (Wildman–Crippen LogP) is 2.54. The molecule has 0 unspecified atom stereocenters. The average Bonchev–Trinajstić information content (AvgIpc) is 2.53. The first-order valence-corrected chi connectivity index (χ1v) is 6.73. The lowest BCUT2D eigenvalue weighted by molar-refractivity contribution is 0.0685. The molecule has 0 atom stereocenters. The van der Waals surface area contributed by atoms with Gasteiger partial charge in [-0.15, -0.1) is 0 Å². The van der Waals surface area contributed by atoms with E-state index in [0.29, 0.717) is 11.6 Å². The maximum Gasteiger partial charge on any atom is 0.355 e. The Bertz CT molecular complexity index is 726. The van der Waals surface area contributed by atoms with Gasteiger partial charge in [-0.3, -0.25) is 4.79 Å². The van der Waals surface area contributed by atoms with E-state index in [4.69, 9.17) is 4.74 Å². The van der Waals surface area contributed by atoms with Crippen molar-refractivity contribution < 1.29 is 19.4 Å². The Morgan fingerprint density at radius 3 is 2.45 bits per heavy atom. The Hall–Kier alpha value is -2.76. The van der Waals surface area contributed by atoms with Crippen LogP contribution in [-0.4, -0.2) is 33.9 Å². The van der Waals surface area contributed by atoms with E-state index in [1.54, 1.807) is 24.3 Å². The van der Waals surface area contributed by atoms with E-state index in [2.05, 4.69) is 9.97 Å². The summed E-state index contributed by atoms with van der Waals surface area (Å²) in [4.78, 5) is 32.1. The highest BCUT2D eigenvalue weighted by atomic mass is 16.5. The number of aromatic nitrogens is 2. The van der Waals surface area contributed by atoms with Crippen LogP contribution in [-0.2, 0) is 0 Å². The second-order valence-electron chi connectivity index (χ2n) is 4.98. The second-order valence-corrected chi connectivity index (χ2v) is 4.98. The van der Waals surface area contributed by atoms with Crippen LogP contribution in [0.3, 0.4) is 0 Å². The third-order valence-corrected chi connectivity index (χ3v) is 3.12. The number of rotatable bonds is 5. The number of ketones is 1. The number of hydrogen-bond donors (Lipinski definition) is 1. The number of ether oxygens (including phenoxy) is 1. The fourth-order valence-corrected chi connectivity index (χ4v) is 1.98. The molecule has 114 valence electrons. The Morgan fingerprint density at radius 2 is 1.86 bits per heavy atom. The van der Waals surface area contributed by atoms with E-state index < -0.39 is 11.8 Å². The SMILES string of the molecule is COc1ccccc1C(=O)c1cnc(C(C)C)nc1C(=O)O. The monoisotopic (exact) mass is 300 g/mol. The zero-order chi connectivity index (χ0) is 16.3. The van der Waals surface area contributed by atoms with Crippen molar-refractivity contribution in [2.75, 3.05) is 7.11 Å². The number of aromatic carboxylic acids is 1. The lowest BCUT2D eigenvalue weighted by Crippen LogP contribution is -2.15. The predicted molar refractivity (Wildman–Crippen MR) is 79.5 cm³/mol. The van der Waals surface area contributed by atoms with Gasteiger partial charge in [-0.2, -0.15) is 0 Å². The number of carbonyl (C=O) groups is 2. The van der Waals surface area contributed by atoms with Crippen LogP contribution < -0.4 is 4.74 Å². The minimum atomic E-state index is -1.26. The van der Waals surface area contributed by atoms with Crippen LogP contribution in [0.5, 0.6) is 5.75 Å². The molecule has 0 aliphatic carbocycles. The summed E-state index contributed by atoms with van der Waals surface area (Å²) in [7, 11) is 1.45. The molecule has 2 rings (SSSR count). The fraction of sp³-hybridized carbons (Fsp3) is 0.250. The molecule has 0 aliphatic rings. The number of carboxylic acid groups (broad SMARTS) is 1. The van der Waals surface area contributed by atoms with Gasteiger partial charge in [-0.25, -0.2) is 14.8 Å². The van der Waals surface area contributed by atoms with Crippen LogP contribution in [0.25, 0.3) is 0 Å². The van der Waals surface area contributed by atoms with Gasteiger partial charge in [0.15, 0.2) is 5.69 Å². The summed E-state index contributed by atoms with van der Waals surface area (Å²) in [5.41, 5.74) is -0.0793. The van der Waals surface area contributed by atoms with Crippen LogP contribution in [0, 0.1) is 0 Å². The summed E-state index contributed by atoms with van der Waals surface area (Å²) in [6.45, 7) is 3.70. The molecule has 22 heavy (non-hydrogen) atoms. The normalized spacial score (nSPS) is 10.5. The lowest BCUT2D eigenvalue weighted by atomic mass is 10.0. The topological polar surface area (TPSA) is 89.4 Å². The van der Waals surface area contributed by atoms with Gasteiger partial charge >= 0.3 is 5.97 Å². The molecular formula is C16H16N2O4. The van der Waals surface area contributed by atoms with Crippen molar-refractivity contribution in [3.05, 3.63) is 53.1 Å². The quantitative estimate of drug-likeness (QED) is 0.853. The van der Waals surface area contributed by atoms with Crippen molar-refractivity contribution in [3.63, 3.8) is 0 Å². The molecule has 0 saturated heterocycles. The van der Waals surface area contributed by atoms with Crippen molar-refractivity contribution in [1.82, 2.24) is 9.97 Å². The van der Waals surface area contributed by atoms with E-state index in [0.717, 1.165) is 0 Å². The number of carboxylic acids is 1. The molecule has 6 nitrogen and oxygen atoms in total. The van der Waals surface area contributed by atoms with Crippen molar-refractivity contribution in [2.24, 2.45) is 0 Å². The minimum absolute atomic E-state index is 0.0338. The molecule has 0 saturated carbocycles. The highest BCUT2D eigenvalue weighted by molar-refractivity contribution is 6.14. The molecule has 0 radical (unpaired) electrons. The van der Waals surface area contributed by atoms with Crippen LogP contribution >= 0.6 is 0 Å². The summed E-state index contributed by atoms with van der Waals surface area (Å²) in [6.07, 6.45) is 1.26. The Kier molecular flexibility index (Phi) is 4.50. The first kappa shape index (κ1) is 15.6. The highest BCUT2D eigenvalue weighted by Gasteiger charge is 2.23. The minimum Gasteiger partial charge on any atom is -0.496 e. The molecule has 1 aromatic carbocycles. The van der Waals surface area contributed by atoms with Gasteiger partial charge in [0.1, 0.15) is 11.6 Å². The van der Waals surface area contributed by atoms with Crippen molar-refractivity contribution in [1.29, 1.82) is 0 Å². The molecule has 1 heterocycles. The Morgan fingerprint density at radius 1 is 1.18 bits per heavy atom. The van der Waals surface area contributed by atoms with Crippen molar-refractivity contribution in [3.8, 4) is 5.75 Å². The van der Waals surface area contributed by atoms with Gasteiger partial charge in [0.25, 0.3) is 0 Å². The van der Waals surface area contributed by atoms with Gasteiger partial charge < -0.3 is 9.84 Å². The average molecular weight is 300 g/mol. The summed E-state index contributed by atoms with van der Waals surface area (Å²) in [5.74, 6) is -1.02. The molecule has 1 N–H and O–H groups in total. The standard InChI is InChI=1S/C16H16N2O4/c1-9(2)15-17-8-11(13(18-15)16(20)21)14(19)10-6-4-5-7-12(10)22-3/h4-9H,1-3H3,(H,20,21). The number of nitrogens with zero attached hydrogens (tertiary/aromatic N) is 2. The fourth-order valence-electron chi connectivity index (χ4n) is 1.98. The second kappa shape index (κ2) is 6.34. The molecule has 1 aromatic heterocycles. The Balaban J connectivity index is 2.56. The summed E-state index contributed by atoms with van der Waals surface area (Å²) < 4.78 is 5.14. The van der Waals surface area contributed by atoms with Crippen LogP contribution in [0.4, 0.5) is 0 Å². The molecule has 6 heteroatoms. The lowest BCUT2D eigenvalue weighted by Gasteiger charge is -2.10. The number of methoxy groups -OCH3 is 1. The summed E-state index contributed by atoms with van der Waals surface area (Å²) in [5, 5.41) is 9.32. The number of carbonyl (C=O) groups excluding carboxylic acids is 1. The molecule has 0 bridgehead atoms. The van der Waals surface area contributed by atoms with Crippen LogP contribution in [0.1, 0.15) is 52.0 Å². The number of benzene rings is 1. The van der Waals surface area contributed by atoms with E-state index >= 15 is 0 Å². The van der Waals surface area contributed by atoms with Crippen LogP contribution in [0.2, 0.25) is 0 Å². The van der Waals surface area contributed by atoms with Crippen LogP contribution in [0.15, 0.2) is 30.5 Å². The van der Waals surface area contributed by atoms with E-state index in [-0.39, 0.29) is 22.7 Å². The Labute approximate surface area is 127 Å². The van der Waals surface area contributed by atoms with E-state index in [1.807, 2.05) is 13.8 Å². The number of para-hydroxylation sites is 1.